The van der Waals surface area contributed by atoms with Crippen LogP contribution < -0.4 is 5.69 Å². The van der Waals surface area contributed by atoms with Crippen molar-refractivity contribution in [1.82, 2.24) is 34.5 Å². The van der Waals surface area contributed by atoms with Crippen molar-refractivity contribution in [3.63, 3.8) is 0 Å². The summed E-state index contributed by atoms with van der Waals surface area (Å²) in [7, 11) is 0. The fourth-order valence-electron chi connectivity index (χ4n) is 3.63. The summed E-state index contributed by atoms with van der Waals surface area (Å²) in [5.41, 5.74) is -0.212. The third-order valence-corrected chi connectivity index (χ3v) is 5.51. The van der Waals surface area contributed by atoms with Crippen molar-refractivity contribution in [2.24, 2.45) is 0 Å². The number of piperazine rings is 1. The Morgan fingerprint density at radius 1 is 0.966 bits per heavy atom. The highest BCUT2D eigenvalue weighted by Crippen LogP contribution is 2.12. The molecule has 10 nitrogen and oxygen atoms in total. The summed E-state index contributed by atoms with van der Waals surface area (Å²) in [4.78, 5) is 43.1. The van der Waals surface area contributed by atoms with Crippen LogP contribution in [0.25, 0.3) is 5.69 Å². The molecular formula is C18H22ClN7O3. The maximum atomic E-state index is 12.7. The molecule has 2 aliphatic rings. The zero-order chi connectivity index (χ0) is 20.4. The molecule has 2 saturated heterocycles. The molecule has 3 heterocycles. The number of nitrogens with zero attached hydrogens (tertiary/aromatic N) is 7. The van der Waals surface area contributed by atoms with Gasteiger partial charge in [-0.2, -0.15) is 4.68 Å². The Morgan fingerprint density at radius 2 is 1.69 bits per heavy atom. The first kappa shape index (κ1) is 19.6. The lowest BCUT2D eigenvalue weighted by molar-refractivity contribution is -0.131. The summed E-state index contributed by atoms with van der Waals surface area (Å²) < 4.78 is 1.79. The summed E-state index contributed by atoms with van der Waals surface area (Å²) in [6, 6.07) is 6.08. The minimum atomic E-state index is -0.649. The van der Waals surface area contributed by atoms with Gasteiger partial charge >= 0.3 is 11.7 Å². The van der Waals surface area contributed by atoms with Gasteiger partial charge < -0.3 is 9.80 Å². The second-order valence-corrected chi connectivity index (χ2v) is 7.64. The molecule has 11 heteroatoms. The molecule has 0 saturated carbocycles. The number of likely N-dealkylation sites (tertiary alicyclic amines) is 1. The number of hydrogen-bond acceptors (Lipinski definition) is 6. The van der Waals surface area contributed by atoms with Crippen molar-refractivity contribution in [2.75, 3.05) is 45.8 Å². The highest BCUT2D eigenvalue weighted by molar-refractivity contribution is 6.30. The maximum Gasteiger partial charge on any atom is 0.377 e. The molecule has 0 spiro atoms. The second kappa shape index (κ2) is 8.34. The van der Waals surface area contributed by atoms with Crippen LogP contribution in [-0.2, 0) is 4.79 Å². The first-order chi connectivity index (χ1) is 14.0. The van der Waals surface area contributed by atoms with Gasteiger partial charge in [0.1, 0.15) is 0 Å². The van der Waals surface area contributed by atoms with E-state index in [1.807, 2.05) is 9.80 Å². The molecule has 154 valence electrons. The molecule has 0 bridgehead atoms. The van der Waals surface area contributed by atoms with Gasteiger partial charge in [-0.15, -0.1) is 4.68 Å². The molecule has 0 radical (unpaired) electrons. The van der Waals surface area contributed by atoms with Gasteiger partial charge in [0.2, 0.25) is 5.91 Å². The number of aromatic nitrogens is 4. The quantitative estimate of drug-likeness (QED) is 0.663. The zero-order valence-corrected chi connectivity index (χ0v) is 16.7. The lowest BCUT2D eigenvalue weighted by Crippen LogP contribution is -2.53. The van der Waals surface area contributed by atoms with E-state index >= 15 is 0 Å². The highest BCUT2D eigenvalue weighted by Gasteiger charge is 2.27. The topological polar surface area (TPSA) is 96.6 Å². The number of tetrazole rings is 1. The van der Waals surface area contributed by atoms with Crippen molar-refractivity contribution >= 4 is 23.5 Å². The van der Waals surface area contributed by atoms with E-state index in [4.69, 9.17) is 11.6 Å². The lowest BCUT2D eigenvalue weighted by Gasteiger charge is -2.34. The molecule has 0 atom stereocenters. The van der Waals surface area contributed by atoms with Crippen LogP contribution in [-0.4, -0.2) is 92.2 Å². The highest BCUT2D eigenvalue weighted by atomic mass is 35.5. The summed E-state index contributed by atoms with van der Waals surface area (Å²) in [6.07, 6.45) is 2.14. The van der Waals surface area contributed by atoms with Crippen LogP contribution in [0.3, 0.4) is 0 Å². The molecule has 2 amide bonds. The standard InChI is InChI=1S/C18H22ClN7O3/c19-14-4-3-5-15(12-14)25-18(29)26(21-20-25)17(28)24-10-8-22(9-11-24)13-16(27)23-6-1-2-7-23/h3-5,12H,1-2,6-11,13H2. The fourth-order valence-corrected chi connectivity index (χ4v) is 3.81. The van der Waals surface area contributed by atoms with E-state index in [0.717, 1.165) is 35.3 Å². The molecule has 1 aromatic heterocycles. The van der Waals surface area contributed by atoms with E-state index < -0.39 is 11.7 Å². The summed E-state index contributed by atoms with van der Waals surface area (Å²) >= 11 is 5.95. The minimum absolute atomic E-state index is 0.142. The van der Waals surface area contributed by atoms with Gasteiger partial charge in [-0.3, -0.25) is 9.69 Å². The van der Waals surface area contributed by atoms with Crippen molar-refractivity contribution < 1.29 is 9.59 Å². The number of carbonyl (C=O) groups excluding carboxylic acids is 2. The molecular weight excluding hydrogens is 398 g/mol. The number of halogens is 1. The summed E-state index contributed by atoms with van der Waals surface area (Å²) in [5, 5.41) is 7.97. The van der Waals surface area contributed by atoms with E-state index in [9.17, 15) is 14.4 Å². The molecule has 29 heavy (non-hydrogen) atoms. The Labute approximate surface area is 172 Å². The van der Waals surface area contributed by atoms with Crippen LogP contribution in [0.1, 0.15) is 12.8 Å². The molecule has 0 N–H and O–H groups in total. The number of hydrogen-bond donors (Lipinski definition) is 0. The predicted octanol–water partition coefficient (Wildman–Crippen LogP) is 0.291. The number of benzene rings is 1. The van der Waals surface area contributed by atoms with E-state index in [1.165, 1.54) is 0 Å². The first-order valence-electron chi connectivity index (χ1n) is 9.63. The van der Waals surface area contributed by atoms with Crippen LogP contribution in [0, 0.1) is 0 Å². The number of carbonyl (C=O) groups is 2. The maximum absolute atomic E-state index is 12.7. The molecule has 2 aromatic rings. The minimum Gasteiger partial charge on any atom is -0.342 e. The Hall–Kier alpha value is -2.72. The third kappa shape index (κ3) is 4.18. The van der Waals surface area contributed by atoms with Crippen LogP contribution in [0.4, 0.5) is 4.79 Å². The first-order valence-corrected chi connectivity index (χ1v) is 10.0. The normalized spacial score (nSPS) is 17.7. The van der Waals surface area contributed by atoms with Crippen LogP contribution in [0.5, 0.6) is 0 Å². The lowest BCUT2D eigenvalue weighted by atomic mass is 10.3. The molecule has 1 aromatic carbocycles. The van der Waals surface area contributed by atoms with Gasteiger partial charge in [0.05, 0.1) is 12.2 Å². The van der Waals surface area contributed by atoms with Crippen LogP contribution in [0.15, 0.2) is 29.1 Å². The van der Waals surface area contributed by atoms with Gasteiger partial charge in [-0.25, -0.2) is 9.59 Å². The largest absolute Gasteiger partial charge is 0.377 e. The Balaban J connectivity index is 1.37. The van der Waals surface area contributed by atoms with Gasteiger partial charge in [0.25, 0.3) is 0 Å². The zero-order valence-electron chi connectivity index (χ0n) is 15.9. The SMILES string of the molecule is O=C(CN1CCN(C(=O)n2nnn(-c3cccc(Cl)c3)c2=O)CC1)N1CCCC1. The Bertz CT molecular complexity index is 958. The number of rotatable bonds is 3. The summed E-state index contributed by atoms with van der Waals surface area (Å²) in [6.45, 7) is 4.02. The van der Waals surface area contributed by atoms with Crippen molar-refractivity contribution in [3.05, 3.63) is 39.8 Å². The molecule has 0 unspecified atom stereocenters. The number of amides is 2. The van der Waals surface area contributed by atoms with E-state index in [2.05, 4.69) is 10.4 Å². The average molecular weight is 420 g/mol. The molecule has 0 aliphatic carbocycles. The van der Waals surface area contributed by atoms with E-state index in [0.29, 0.717) is 43.4 Å². The smallest absolute Gasteiger partial charge is 0.342 e. The molecule has 2 aliphatic heterocycles. The van der Waals surface area contributed by atoms with Crippen LogP contribution in [0.2, 0.25) is 5.02 Å². The van der Waals surface area contributed by atoms with Gasteiger partial charge in [-0.1, -0.05) is 17.7 Å². The van der Waals surface area contributed by atoms with Gasteiger partial charge in [0.15, 0.2) is 0 Å². The Kier molecular flexibility index (Phi) is 5.63. The third-order valence-electron chi connectivity index (χ3n) is 5.28. The predicted molar refractivity (Wildman–Crippen MR) is 105 cm³/mol. The van der Waals surface area contributed by atoms with Crippen molar-refractivity contribution in [3.8, 4) is 5.69 Å². The van der Waals surface area contributed by atoms with E-state index in [1.54, 1.807) is 29.2 Å². The second-order valence-electron chi connectivity index (χ2n) is 7.20. The fraction of sp³-hybridized carbons (Fsp3) is 0.500. The Morgan fingerprint density at radius 3 is 2.38 bits per heavy atom. The van der Waals surface area contributed by atoms with Gasteiger partial charge in [0, 0.05) is 44.3 Å². The van der Waals surface area contributed by atoms with Gasteiger partial charge in [-0.05, 0) is 41.5 Å². The average Bonchev–Trinajstić information content (AvgIpc) is 3.38. The van der Waals surface area contributed by atoms with E-state index in [-0.39, 0.29) is 5.91 Å². The summed E-state index contributed by atoms with van der Waals surface area (Å²) in [5.74, 6) is 0.142. The van der Waals surface area contributed by atoms with Crippen molar-refractivity contribution in [1.29, 1.82) is 0 Å². The van der Waals surface area contributed by atoms with Crippen molar-refractivity contribution in [2.45, 2.75) is 12.8 Å². The molecule has 2 fully saturated rings. The molecule has 4 rings (SSSR count). The van der Waals surface area contributed by atoms with Crippen LogP contribution >= 0.6 is 11.6 Å². The monoisotopic (exact) mass is 419 g/mol.